The zero-order chi connectivity index (χ0) is 17.9. The normalized spacial score (nSPS) is 18.0. The summed E-state index contributed by atoms with van der Waals surface area (Å²) in [7, 11) is -3.58. The number of nitrogens with one attached hydrogen (secondary N) is 1. The van der Waals surface area contributed by atoms with Gasteiger partial charge in [0.15, 0.2) is 0 Å². The molecule has 0 radical (unpaired) electrons. The van der Waals surface area contributed by atoms with Crippen molar-refractivity contribution < 1.29 is 8.42 Å². The van der Waals surface area contributed by atoms with Gasteiger partial charge in [0, 0.05) is 5.71 Å². The topological polar surface area (TPSA) is 58.5 Å². The smallest absolute Gasteiger partial charge is 0.200 e. The van der Waals surface area contributed by atoms with Crippen LogP contribution in [-0.4, -0.2) is 14.1 Å². The molecule has 2 aromatic rings. The van der Waals surface area contributed by atoms with Crippen molar-refractivity contribution in [3.8, 4) is 0 Å². The molecule has 1 N–H and O–H groups in total. The maximum atomic E-state index is 12.3. The molecule has 2 aromatic carbocycles. The van der Waals surface area contributed by atoms with Gasteiger partial charge in [-0.3, -0.25) is 0 Å². The molecule has 25 heavy (non-hydrogen) atoms. The van der Waals surface area contributed by atoms with Crippen LogP contribution in [0.25, 0.3) is 0 Å². The van der Waals surface area contributed by atoms with E-state index in [1.54, 1.807) is 24.3 Å². The molecule has 0 amide bonds. The first-order chi connectivity index (χ1) is 11.9. The van der Waals surface area contributed by atoms with Crippen molar-refractivity contribution in [2.75, 3.05) is 0 Å². The number of sulfonamides is 1. The third-order valence-electron chi connectivity index (χ3n) is 4.77. The van der Waals surface area contributed by atoms with Crippen LogP contribution in [-0.2, 0) is 10.0 Å². The second-order valence-corrected chi connectivity index (χ2v) is 8.43. The van der Waals surface area contributed by atoms with E-state index in [4.69, 9.17) is 0 Å². The summed E-state index contributed by atoms with van der Waals surface area (Å²) in [5.41, 5.74) is 4.59. The van der Waals surface area contributed by atoms with Crippen LogP contribution in [0.5, 0.6) is 0 Å². The van der Waals surface area contributed by atoms with Crippen molar-refractivity contribution in [3.63, 3.8) is 0 Å². The largest absolute Gasteiger partial charge is 0.276 e. The number of aryl methyl sites for hydroxylation is 2. The molecule has 3 rings (SSSR count). The first-order valence-electron chi connectivity index (χ1n) is 8.64. The summed E-state index contributed by atoms with van der Waals surface area (Å²) >= 11 is 0. The highest BCUT2D eigenvalue weighted by Gasteiger charge is 2.20. The number of rotatable bonds is 4. The van der Waals surface area contributed by atoms with E-state index in [0.717, 1.165) is 37.0 Å². The molecular weight excluding hydrogens is 332 g/mol. The predicted octanol–water partition coefficient (Wildman–Crippen LogP) is 4.30. The van der Waals surface area contributed by atoms with E-state index < -0.39 is 10.0 Å². The molecule has 0 aromatic heterocycles. The number of benzene rings is 2. The minimum Gasteiger partial charge on any atom is -0.200 e. The molecule has 1 saturated carbocycles. The first kappa shape index (κ1) is 17.7. The van der Waals surface area contributed by atoms with Crippen LogP contribution >= 0.6 is 0 Å². The van der Waals surface area contributed by atoms with Crippen LogP contribution in [0.15, 0.2) is 58.5 Å². The fraction of sp³-hybridized carbons (Fsp3) is 0.350. The Bertz CT molecular complexity index is 844. The highest BCUT2D eigenvalue weighted by atomic mass is 32.2. The minimum absolute atomic E-state index is 0.246. The standard InChI is InChI=1S/C20H24N2O2S/c1-15-3-7-17(8-4-15)18-9-11-19(12-10-18)21-22-25(23,24)20-13-5-16(2)6-14-20/h3-8,13-14,18,22H,9-12H2,1-2H3. The van der Waals surface area contributed by atoms with E-state index in [9.17, 15) is 8.42 Å². The van der Waals surface area contributed by atoms with E-state index in [1.165, 1.54) is 11.1 Å². The van der Waals surface area contributed by atoms with Gasteiger partial charge >= 0.3 is 0 Å². The fourth-order valence-corrected chi connectivity index (χ4v) is 3.98. The Morgan fingerprint density at radius 2 is 1.40 bits per heavy atom. The van der Waals surface area contributed by atoms with Crippen molar-refractivity contribution in [1.29, 1.82) is 0 Å². The Hall–Kier alpha value is -2.14. The summed E-state index contributed by atoms with van der Waals surface area (Å²) < 4.78 is 24.6. The lowest BCUT2D eigenvalue weighted by Crippen LogP contribution is -2.22. The molecule has 1 aliphatic rings. The maximum Gasteiger partial charge on any atom is 0.276 e. The molecule has 4 nitrogen and oxygen atoms in total. The molecule has 0 atom stereocenters. The molecule has 5 heteroatoms. The van der Waals surface area contributed by atoms with Crippen LogP contribution in [0.1, 0.15) is 48.3 Å². The molecule has 0 saturated heterocycles. The molecule has 1 fully saturated rings. The van der Waals surface area contributed by atoms with Gasteiger partial charge in [-0.15, -0.1) is 0 Å². The van der Waals surface area contributed by atoms with Crippen molar-refractivity contribution in [2.45, 2.75) is 50.3 Å². The lowest BCUT2D eigenvalue weighted by atomic mass is 9.83. The van der Waals surface area contributed by atoms with Gasteiger partial charge < -0.3 is 0 Å². The monoisotopic (exact) mass is 356 g/mol. The van der Waals surface area contributed by atoms with Crippen molar-refractivity contribution >= 4 is 15.7 Å². The Balaban J connectivity index is 1.60. The van der Waals surface area contributed by atoms with Crippen LogP contribution in [0.4, 0.5) is 0 Å². The van der Waals surface area contributed by atoms with Crippen molar-refractivity contribution in [1.82, 2.24) is 4.83 Å². The van der Waals surface area contributed by atoms with Crippen LogP contribution in [0.2, 0.25) is 0 Å². The van der Waals surface area contributed by atoms with Gasteiger partial charge in [-0.05, 0) is 63.1 Å². The summed E-state index contributed by atoms with van der Waals surface area (Å²) in [5, 5.41) is 4.17. The Labute approximate surface area is 150 Å². The minimum atomic E-state index is -3.58. The third-order valence-corrected chi connectivity index (χ3v) is 5.99. The van der Waals surface area contributed by atoms with Crippen LogP contribution < -0.4 is 4.83 Å². The highest BCUT2D eigenvalue weighted by molar-refractivity contribution is 7.89. The van der Waals surface area contributed by atoms with Crippen molar-refractivity contribution in [3.05, 3.63) is 65.2 Å². The number of hydrogen-bond acceptors (Lipinski definition) is 3. The van der Waals surface area contributed by atoms with E-state index in [0.29, 0.717) is 5.92 Å². The zero-order valence-corrected chi connectivity index (χ0v) is 15.5. The summed E-state index contributed by atoms with van der Waals surface area (Å²) in [6.07, 6.45) is 3.67. The predicted molar refractivity (Wildman–Crippen MR) is 101 cm³/mol. The molecule has 132 valence electrons. The molecule has 0 spiro atoms. The van der Waals surface area contributed by atoms with E-state index >= 15 is 0 Å². The molecule has 0 heterocycles. The Morgan fingerprint density at radius 3 is 1.96 bits per heavy atom. The second kappa shape index (κ2) is 7.40. The Morgan fingerprint density at radius 1 is 0.880 bits per heavy atom. The van der Waals surface area contributed by atoms with E-state index in [-0.39, 0.29) is 4.90 Å². The number of hydrogen-bond donors (Lipinski definition) is 1. The molecule has 0 bridgehead atoms. The van der Waals surface area contributed by atoms with Gasteiger partial charge in [0.05, 0.1) is 4.90 Å². The van der Waals surface area contributed by atoms with Gasteiger partial charge in [0.25, 0.3) is 10.0 Å². The highest BCUT2D eigenvalue weighted by Crippen LogP contribution is 2.31. The van der Waals surface area contributed by atoms with Gasteiger partial charge in [-0.1, -0.05) is 47.5 Å². The lowest BCUT2D eigenvalue weighted by molar-refractivity contribution is 0.560. The summed E-state index contributed by atoms with van der Waals surface area (Å²) in [4.78, 5) is 2.63. The van der Waals surface area contributed by atoms with E-state index in [2.05, 4.69) is 41.1 Å². The van der Waals surface area contributed by atoms with Crippen LogP contribution in [0, 0.1) is 13.8 Å². The fourth-order valence-electron chi connectivity index (χ4n) is 3.13. The lowest BCUT2D eigenvalue weighted by Gasteiger charge is -2.23. The van der Waals surface area contributed by atoms with Gasteiger partial charge in [-0.2, -0.15) is 13.5 Å². The SMILES string of the molecule is Cc1ccc(C2CCC(=NNS(=O)(=O)c3ccc(C)cc3)CC2)cc1. The average Bonchev–Trinajstić information content (AvgIpc) is 2.62. The molecule has 0 unspecified atom stereocenters. The zero-order valence-electron chi connectivity index (χ0n) is 14.7. The van der Waals surface area contributed by atoms with Crippen molar-refractivity contribution in [2.24, 2.45) is 5.10 Å². The molecule has 1 aliphatic carbocycles. The van der Waals surface area contributed by atoms with Gasteiger partial charge in [-0.25, -0.2) is 4.83 Å². The van der Waals surface area contributed by atoms with E-state index in [1.807, 2.05) is 6.92 Å². The Kier molecular flexibility index (Phi) is 5.23. The molecular formula is C20H24N2O2S. The van der Waals surface area contributed by atoms with Crippen LogP contribution in [0.3, 0.4) is 0 Å². The molecule has 0 aliphatic heterocycles. The number of nitrogens with zero attached hydrogens (tertiary/aromatic N) is 1. The summed E-state index contributed by atoms with van der Waals surface area (Å²) in [5.74, 6) is 0.535. The number of hydrazone groups is 1. The quantitative estimate of drug-likeness (QED) is 0.831. The summed E-state index contributed by atoms with van der Waals surface area (Å²) in [6.45, 7) is 4.02. The van der Waals surface area contributed by atoms with Gasteiger partial charge in [0.2, 0.25) is 0 Å². The maximum absolute atomic E-state index is 12.3. The third kappa shape index (κ3) is 4.48. The first-order valence-corrected chi connectivity index (χ1v) is 10.1. The van der Waals surface area contributed by atoms with Gasteiger partial charge in [0.1, 0.15) is 0 Å². The second-order valence-electron chi connectivity index (χ2n) is 6.77. The summed E-state index contributed by atoms with van der Waals surface area (Å²) in [6, 6.07) is 15.5. The average molecular weight is 356 g/mol.